The molecule has 3 aliphatic rings. The first-order valence-electron chi connectivity index (χ1n) is 8.73. The van der Waals surface area contributed by atoms with E-state index in [0.29, 0.717) is 5.41 Å². The Labute approximate surface area is 124 Å². The van der Waals surface area contributed by atoms with Crippen molar-refractivity contribution in [1.29, 1.82) is 0 Å². The molecule has 2 N–H and O–H groups in total. The van der Waals surface area contributed by atoms with Gasteiger partial charge in [-0.05, 0) is 18.3 Å². The van der Waals surface area contributed by atoms with Crippen LogP contribution in [0.1, 0.15) is 32.1 Å². The summed E-state index contributed by atoms with van der Waals surface area (Å²) in [4.78, 5) is 5.45. The number of piperazine rings is 2. The van der Waals surface area contributed by atoms with E-state index in [1.165, 1.54) is 97.6 Å². The molecule has 0 atom stereocenters. The highest BCUT2D eigenvalue weighted by Crippen LogP contribution is 2.38. The predicted molar refractivity (Wildman–Crippen MR) is 84.1 cm³/mol. The first kappa shape index (κ1) is 14.8. The average molecular weight is 280 g/mol. The number of nitrogens with one attached hydrogen (secondary N) is 2. The van der Waals surface area contributed by atoms with Gasteiger partial charge in [0.25, 0.3) is 0 Å². The van der Waals surface area contributed by atoms with Gasteiger partial charge in [-0.2, -0.15) is 0 Å². The molecule has 4 nitrogen and oxygen atoms in total. The summed E-state index contributed by atoms with van der Waals surface area (Å²) in [5, 5.41) is 6.97. The van der Waals surface area contributed by atoms with Gasteiger partial charge in [0.15, 0.2) is 0 Å². The largest absolute Gasteiger partial charge is 0.314 e. The highest BCUT2D eigenvalue weighted by Gasteiger charge is 2.36. The molecule has 1 saturated carbocycles. The molecule has 2 aliphatic heterocycles. The zero-order valence-corrected chi connectivity index (χ0v) is 13.0. The summed E-state index contributed by atoms with van der Waals surface area (Å²) in [5.74, 6) is 0. The minimum atomic E-state index is 0.590. The molecule has 0 radical (unpaired) electrons. The van der Waals surface area contributed by atoms with Gasteiger partial charge in [-0.15, -0.1) is 0 Å². The number of hydrogen-bond acceptors (Lipinski definition) is 4. The lowest BCUT2D eigenvalue weighted by atomic mass is 9.73. The van der Waals surface area contributed by atoms with Gasteiger partial charge < -0.3 is 20.4 Å². The van der Waals surface area contributed by atoms with Gasteiger partial charge in [-0.3, -0.25) is 0 Å². The van der Waals surface area contributed by atoms with Crippen LogP contribution in [0.2, 0.25) is 0 Å². The smallest absolute Gasteiger partial charge is 0.0108 e. The molecule has 0 aromatic heterocycles. The van der Waals surface area contributed by atoms with Gasteiger partial charge in [0.1, 0.15) is 0 Å². The zero-order chi connectivity index (χ0) is 13.7. The van der Waals surface area contributed by atoms with Gasteiger partial charge in [-0.1, -0.05) is 19.3 Å². The van der Waals surface area contributed by atoms with Gasteiger partial charge >= 0.3 is 0 Å². The fraction of sp³-hybridized carbons (Fsp3) is 1.00. The highest BCUT2D eigenvalue weighted by atomic mass is 15.2. The van der Waals surface area contributed by atoms with Crippen molar-refractivity contribution < 1.29 is 0 Å². The van der Waals surface area contributed by atoms with Crippen LogP contribution in [0.15, 0.2) is 0 Å². The second kappa shape index (κ2) is 7.21. The van der Waals surface area contributed by atoms with Gasteiger partial charge in [0.2, 0.25) is 0 Å². The molecule has 2 heterocycles. The Hall–Kier alpha value is -0.160. The Morgan fingerprint density at radius 2 is 1.10 bits per heavy atom. The van der Waals surface area contributed by atoms with Crippen molar-refractivity contribution in [3.8, 4) is 0 Å². The fourth-order valence-corrected chi connectivity index (χ4v) is 4.36. The quantitative estimate of drug-likeness (QED) is 0.795. The van der Waals surface area contributed by atoms with Crippen LogP contribution >= 0.6 is 0 Å². The Morgan fingerprint density at radius 1 is 0.650 bits per heavy atom. The van der Waals surface area contributed by atoms with Crippen LogP contribution in [0.5, 0.6) is 0 Å². The molecular weight excluding hydrogens is 248 g/mol. The topological polar surface area (TPSA) is 30.5 Å². The van der Waals surface area contributed by atoms with Crippen molar-refractivity contribution in [2.45, 2.75) is 32.1 Å². The van der Waals surface area contributed by atoms with Crippen LogP contribution in [0, 0.1) is 5.41 Å². The third-order valence-corrected chi connectivity index (χ3v) is 5.45. The van der Waals surface area contributed by atoms with Crippen molar-refractivity contribution in [1.82, 2.24) is 20.4 Å². The van der Waals surface area contributed by atoms with Crippen LogP contribution in [0.3, 0.4) is 0 Å². The summed E-state index contributed by atoms with van der Waals surface area (Å²) in [5.41, 5.74) is 0.590. The Balaban J connectivity index is 1.60. The molecule has 4 heteroatoms. The standard InChI is InChI=1S/C16H32N4/c1-2-4-16(5-3-1,14-19-10-6-17-7-11-19)15-20-12-8-18-9-13-20/h17-18H,1-15H2. The van der Waals surface area contributed by atoms with Crippen LogP contribution in [-0.2, 0) is 0 Å². The van der Waals surface area contributed by atoms with E-state index >= 15 is 0 Å². The summed E-state index contributed by atoms with van der Waals surface area (Å²) >= 11 is 0. The third kappa shape index (κ3) is 3.94. The minimum Gasteiger partial charge on any atom is -0.314 e. The molecule has 0 spiro atoms. The van der Waals surface area contributed by atoms with Gasteiger partial charge in [-0.25, -0.2) is 0 Å². The number of hydrogen-bond donors (Lipinski definition) is 2. The summed E-state index contributed by atoms with van der Waals surface area (Å²) in [7, 11) is 0. The molecule has 0 unspecified atom stereocenters. The maximum Gasteiger partial charge on any atom is 0.0108 e. The average Bonchev–Trinajstić information content (AvgIpc) is 2.50. The molecule has 3 fully saturated rings. The van der Waals surface area contributed by atoms with Crippen LogP contribution in [-0.4, -0.2) is 75.2 Å². The van der Waals surface area contributed by atoms with Crippen LogP contribution in [0.4, 0.5) is 0 Å². The number of nitrogens with zero attached hydrogens (tertiary/aromatic N) is 2. The Morgan fingerprint density at radius 3 is 1.55 bits per heavy atom. The maximum absolute atomic E-state index is 3.49. The summed E-state index contributed by atoms with van der Waals surface area (Å²) < 4.78 is 0. The third-order valence-electron chi connectivity index (χ3n) is 5.45. The van der Waals surface area contributed by atoms with Crippen molar-refractivity contribution in [3.05, 3.63) is 0 Å². The van der Waals surface area contributed by atoms with E-state index in [2.05, 4.69) is 20.4 Å². The van der Waals surface area contributed by atoms with E-state index in [9.17, 15) is 0 Å². The molecular formula is C16H32N4. The maximum atomic E-state index is 3.49. The van der Waals surface area contributed by atoms with E-state index in [1.54, 1.807) is 0 Å². The van der Waals surface area contributed by atoms with E-state index in [0.717, 1.165) is 0 Å². The van der Waals surface area contributed by atoms with Crippen LogP contribution in [0.25, 0.3) is 0 Å². The lowest BCUT2D eigenvalue weighted by molar-refractivity contribution is 0.0492. The molecule has 116 valence electrons. The summed E-state index contributed by atoms with van der Waals surface area (Å²) in [6.07, 6.45) is 7.29. The number of rotatable bonds is 4. The zero-order valence-electron chi connectivity index (χ0n) is 13.0. The normalized spacial score (nSPS) is 29.4. The lowest BCUT2D eigenvalue weighted by Gasteiger charge is -2.45. The highest BCUT2D eigenvalue weighted by molar-refractivity contribution is 4.90. The molecule has 0 bridgehead atoms. The van der Waals surface area contributed by atoms with E-state index < -0.39 is 0 Å². The lowest BCUT2D eigenvalue weighted by Crippen LogP contribution is -2.54. The molecule has 3 rings (SSSR count). The molecule has 0 amide bonds. The Bertz CT molecular complexity index is 254. The van der Waals surface area contributed by atoms with E-state index in [-0.39, 0.29) is 0 Å². The second-order valence-electron chi connectivity index (χ2n) is 7.11. The molecule has 2 saturated heterocycles. The molecule has 0 aromatic carbocycles. The van der Waals surface area contributed by atoms with Crippen LogP contribution < -0.4 is 10.6 Å². The summed E-state index contributed by atoms with van der Waals surface area (Å²) in [6.45, 7) is 12.4. The van der Waals surface area contributed by atoms with Gasteiger partial charge in [0, 0.05) is 65.4 Å². The second-order valence-corrected chi connectivity index (χ2v) is 7.11. The predicted octanol–water partition coefficient (Wildman–Crippen LogP) is 0.747. The summed E-state index contributed by atoms with van der Waals surface area (Å²) in [6, 6.07) is 0. The van der Waals surface area contributed by atoms with Crippen molar-refractivity contribution in [2.75, 3.05) is 65.4 Å². The molecule has 20 heavy (non-hydrogen) atoms. The first-order valence-corrected chi connectivity index (χ1v) is 8.73. The molecule has 1 aliphatic carbocycles. The van der Waals surface area contributed by atoms with E-state index in [4.69, 9.17) is 0 Å². The fourth-order valence-electron chi connectivity index (χ4n) is 4.36. The minimum absolute atomic E-state index is 0.590. The van der Waals surface area contributed by atoms with E-state index in [1.807, 2.05) is 0 Å². The van der Waals surface area contributed by atoms with Crippen molar-refractivity contribution >= 4 is 0 Å². The Kier molecular flexibility index (Phi) is 5.32. The van der Waals surface area contributed by atoms with Crippen molar-refractivity contribution in [2.24, 2.45) is 5.41 Å². The van der Waals surface area contributed by atoms with Gasteiger partial charge in [0.05, 0.1) is 0 Å². The van der Waals surface area contributed by atoms with Crippen molar-refractivity contribution in [3.63, 3.8) is 0 Å². The molecule has 0 aromatic rings. The monoisotopic (exact) mass is 280 g/mol. The first-order chi connectivity index (χ1) is 9.86. The SMILES string of the molecule is C1CCC(CN2CCNCC2)(CN2CCNCC2)CC1.